The highest BCUT2D eigenvalue weighted by Crippen LogP contribution is 2.27. The molecule has 0 saturated carbocycles. The summed E-state index contributed by atoms with van der Waals surface area (Å²) < 4.78 is 8.44. The summed E-state index contributed by atoms with van der Waals surface area (Å²) in [4.78, 5) is 0. The topological polar surface area (TPSA) is 27.1 Å². The van der Waals surface area contributed by atoms with Gasteiger partial charge in [-0.1, -0.05) is 27.5 Å². The third-order valence-electron chi connectivity index (χ3n) is 2.43. The summed E-state index contributed by atoms with van der Waals surface area (Å²) in [5.41, 5.74) is 1.14. The van der Waals surface area contributed by atoms with Crippen molar-refractivity contribution in [2.75, 3.05) is 6.61 Å². The first-order chi connectivity index (χ1) is 8.16. The van der Waals surface area contributed by atoms with Crippen molar-refractivity contribution in [1.29, 1.82) is 0 Å². The molecule has 3 nitrogen and oxygen atoms in total. The molecule has 0 unspecified atom stereocenters. The van der Waals surface area contributed by atoms with Crippen molar-refractivity contribution in [3.63, 3.8) is 0 Å². The Morgan fingerprint density at radius 3 is 2.94 bits per heavy atom. The second-order valence-electron chi connectivity index (χ2n) is 3.62. The van der Waals surface area contributed by atoms with Crippen molar-refractivity contribution in [1.82, 2.24) is 9.78 Å². The highest BCUT2D eigenvalue weighted by Gasteiger charge is 2.03. The van der Waals surface area contributed by atoms with Gasteiger partial charge in [-0.2, -0.15) is 5.10 Å². The minimum absolute atomic E-state index is 0.579. The lowest BCUT2D eigenvalue weighted by Crippen LogP contribution is -2.06. The van der Waals surface area contributed by atoms with Gasteiger partial charge in [-0.15, -0.1) is 0 Å². The van der Waals surface area contributed by atoms with Crippen LogP contribution in [0.4, 0.5) is 0 Å². The molecule has 0 N–H and O–H groups in total. The van der Waals surface area contributed by atoms with Gasteiger partial charge in [0.05, 0.1) is 11.6 Å². The fraction of sp³-hybridized carbons (Fsp3) is 0.250. The van der Waals surface area contributed by atoms with Crippen LogP contribution in [-0.2, 0) is 13.5 Å². The maximum atomic E-state index is 6.02. The Kier molecular flexibility index (Phi) is 4.07. The smallest absolute Gasteiger partial charge is 0.139 e. The molecular formula is C12H12BrClN2O. The summed E-state index contributed by atoms with van der Waals surface area (Å²) in [5, 5.41) is 4.72. The third-order valence-corrected chi connectivity index (χ3v) is 3.24. The van der Waals surface area contributed by atoms with Crippen LogP contribution in [0.1, 0.15) is 5.69 Å². The average molecular weight is 316 g/mol. The minimum Gasteiger partial charge on any atom is -0.492 e. The SMILES string of the molecule is Cn1nccc1CCOc1cc(Br)ccc1Cl. The summed E-state index contributed by atoms with van der Waals surface area (Å²) in [5.74, 6) is 0.697. The Bertz CT molecular complexity index is 513. The number of hydrogen-bond acceptors (Lipinski definition) is 2. The van der Waals surface area contributed by atoms with Gasteiger partial charge in [-0.25, -0.2) is 0 Å². The first kappa shape index (κ1) is 12.5. The fourth-order valence-electron chi connectivity index (χ4n) is 1.50. The average Bonchev–Trinajstić information content (AvgIpc) is 2.70. The number of aromatic nitrogens is 2. The fourth-order valence-corrected chi connectivity index (χ4v) is 2.01. The largest absolute Gasteiger partial charge is 0.492 e. The van der Waals surface area contributed by atoms with E-state index in [0.29, 0.717) is 17.4 Å². The van der Waals surface area contributed by atoms with E-state index in [-0.39, 0.29) is 0 Å². The first-order valence-electron chi connectivity index (χ1n) is 5.21. The van der Waals surface area contributed by atoms with Gasteiger partial charge in [0.25, 0.3) is 0 Å². The predicted molar refractivity (Wildman–Crippen MR) is 71.6 cm³/mol. The molecule has 1 aromatic heterocycles. The van der Waals surface area contributed by atoms with Crippen LogP contribution in [0, 0.1) is 0 Å². The van der Waals surface area contributed by atoms with Crippen molar-refractivity contribution >= 4 is 27.5 Å². The summed E-state index contributed by atoms with van der Waals surface area (Å²) in [7, 11) is 1.92. The van der Waals surface area contributed by atoms with Crippen molar-refractivity contribution in [3.05, 3.63) is 45.7 Å². The van der Waals surface area contributed by atoms with E-state index in [1.165, 1.54) is 0 Å². The Hall–Kier alpha value is -1.000. The Labute approximate surface area is 113 Å². The molecule has 0 atom stereocenters. The monoisotopic (exact) mass is 314 g/mol. The summed E-state index contributed by atoms with van der Waals surface area (Å²) >= 11 is 9.41. The molecule has 17 heavy (non-hydrogen) atoms. The lowest BCUT2D eigenvalue weighted by atomic mass is 10.3. The Morgan fingerprint density at radius 1 is 1.41 bits per heavy atom. The molecule has 0 aliphatic heterocycles. The number of benzene rings is 1. The highest BCUT2D eigenvalue weighted by atomic mass is 79.9. The molecule has 5 heteroatoms. The van der Waals surface area contributed by atoms with Gasteiger partial charge >= 0.3 is 0 Å². The van der Waals surface area contributed by atoms with Gasteiger partial charge in [0.1, 0.15) is 5.75 Å². The van der Waals surface area contributed by atoms with E-state index >= 15 is 0 Å². The van der Waals surface area contributed by atoms with Crippen molar-refractivity contribution in [3.8, 4) is 5.75 Å². The second-order valence-corrected chi connectivity index (χ2v) is 4.94. The van der Waals surface area contributed by atoms with Crippen LogP contribution < -0.4 is 4.74 Å². The van der Waals surface area contributed by atoms with Gasteiger partial charge in [0, 0.05) is 29.8 Å². The van der Waals surface area contributed by atoms with E-state index < -0.39 is 0 Å². The third kappa shape index (κ3) is 3.23. The molecule has 0 saturated heterocycles. The van der Waals surface area contributed by atoms with Crippen molar-refractivity contribution in [2.45, 2.75) is 6.42 Å². The van der Waals surface area contributed by atoms with Crippen LogP contribution in [0.2, 0.25) is 5.02 Å². The van der Waals surface area contributed by atoms with E-state index in [0.717, 1.165) is 16.6 Å². The Morgan fingerprint density at radius 2 is 2.24 bits per heavy atom. The molecular weight excluding hydrogens is 304 g/mol. The minimum atomic E-state index is 0.579. The molecule has 2 rings (SSSR count). The second kappa shape index (κ2) is 5.56. The zero-order valence-electron chi connectivity index (χ0n) is 9.36. The van der Waals surface area contributed by atoms with Gasteiger partial charge < -0.3 is 4.74 Å². The number of aryl methyl sites for hydroxylation is 1. The van der Waals surface area contributed by atoms with Crippen molar-refractivity contribution < 1.29 is 4.74 Å². The number of rotatable bonds is 4. The van der Waals surface area contributed by atoms with Crippen LogP contribution in [0.3, 0.4) is 0 Å². The molecule has 0 amide bonds. The number of halogens is 2. The zero-order chi connectivity index (χ0) is 12.3. The molecule has 1 heterocycles. The Balaban J connectivity index is 1.94. The summed E-state index contributed by atoms with van der Waals surface area (Å²) in [6.45, 7) is 0.579. The zero-order valence-corrected chi connectivity index (χ0v) is 11.7. The van der Waals surface area contributed by atoms with Gasteiger partial charge in [0.15, 0.2) is 0 Å². The van der Waals surface area contributed by atoms with Crippen LogP contribution in [0.15, 0.2) is 34.9 Å². The maximum Gasteiger partial charge on any atom is 0.139 e. The molecule has 0 bridgehead atoms. The molecule has 0 aliphatic carbocycles. The van der Waals surface area contributed by atoms with Gasteiger partial charge in [0.2, 0.25) is 0 Å². The quantitative estimate of drug-likeness (QED) is 0.864. The van der Waals surface area contributed by atoms with Crippen LogP contribution in [0.25, 0.3) is 0 Å². The molecule has 0 spiro atoms. The molecule has 2 aromatic rings. The van der Waals surface area contributed by atoms with Crippen LogP contribution in [0.5, 0.6) is 5.75 Å². The van der Waals surface area contributed by atoms with E-state index in [1.807, 2.05) is 36.0 Å². The standard InChI is InChI=1S/C12H12BrClN2O/c1-16-10(4-6-15-16)5-7-17-12-8-9(13)2-3-11(12)14/h2-4,6,8H,5,7H2,1H3. The normalized spacial score (nSPS) is 10.5. The number of hydrogen-bond donors (Lipinski definition) is 0. The van der Waals surface area contributed by atoms with E-state index in [9.17, 15) is 0 Å². The van der Waals surface area contributed by atoms with Crippen molar-refractivity contribution in [2.24, 2.45) is 7.05 Å². The van der Waals surface area contributed by atoms with Gasteiger partial charge in [-0.3, -0.25) is 4.68 Å². The lowest BCUT2D eigenvalue weighted by Gasteiger charge is -2.08. The molecule has 0 aliphatic rings. The predicted octanol–water partition coefficient (Wildman–Crippen LogP) is 3.46. The highest BCUT2D eigenvalue weighted by molar-refractivity contribution is 9.10. The van der Waals surface area contributed by atoms with E-state index in [1.54, 1.807) is 6.20 Å². The van der Waals surface area contributed by atoms with E-state index in [4.69, 9.17) is 16.3 Å². The maximum absolute atomic E-state index is 6.02. The molecule has 1 aromatic carbocycles. The first-order valence-corrected chi connectivity index (χ1v) is 6.38. The lowest BCUT2D eigenvalue weighted by molar-refractivity contribution is 0.318. The summed E-state index contributed by atoms with van der Waals surface area (Å²) in [6, 6.07) is 7.54. The number of nitrogens with zero attached hydrogens (tertiary/aromatic N) is 2. The van der Waals surface area contributed by atoms with Crippen LogP contribution in [-0.4, -0.2) is 16.4 Å². The van der Waals surface area contributed by atoms with E-state index in [2.05, 4.69) is 21.0 Å². The molecule has 90 valence electrons. The summed E-state index contributed by atoms with van der Waals surface area (Å²) in [6.07, 6.45) is 2.58. The van der Waals surface area contributed by atoms with Gasteiger partial charge in [-0.05, 0) is 24.3 Å². The van der Waals surface area contributed by atoms with Crippen LogP contribution >= 0.6 is 27.5 Å². The number of ether oxygens (including phenoxy) is 1. The molecule has 0 radical (unpaired) electrons. The molecule has 0 fully saturated rings.